The minimum absolute atomic E-state index is 0.0296. The van der Waals surface area contributed by atoms with Crippen molar-refractivity contribution in [2.24, 2.45) is 0 Å². The van der Waals surface area contributed by atoms with Crippen LogP contribution in [0.1, 0.15) is 10.4 Å². The Labute approximate surface area is 115 Å². The molecule has 0 amide bonds. The van der Waals surface area contributed by atoms with Gasteiger partial charge in [0.1, 0.15) is 29.3 Å². The standard InChI is InChI=1S/C12H14O7S/c1-18-7-2-3-8(12(14)15)10(4-7)19-11-6-20(16,17)5-9(11)13/h2-4,9,11,13H,5-6H2,1H3,(H,14,15). The number of hydrogen-bond acceptors (Lipinski definition) is 6. The van der Waals surface area contributed by atoms with Gasteiger partial charge in [-0.1, -0.05) is 0 Å². The molecule has 2 rings (SSSR count). The first-order chi connectivity index (χ1) is 9.32. The lowest BCUT2D eigenvalue weighted by Crippen LogP contribution is -2.30. The van der Waals surface area contributed by atoms with Gasteiger partial charge < -0.3 is 19.7 Å². The molecular weight excluding hydrogens is 288 g/mol. The number of carbonyl (C=O) groups is 1. The van der Waals surface area contributed by atoms with Crippen molar-refractivity contribution in [3.8, 4) is 11.5 Å². The minimum Gasteiger partial charge on any atom is -0.497 e. The first-order valence-electron chi connectivity index (χ1n) is 5.79. The number of rotatable bonds is 4. The summed E-state index contributed by atoms with van der Waals surface area (Å²) in [5, 5.41) is 18.7. The second-order valence-corrected chi connectivity index (χ2v) is 6.62. The van der Waals surface area contributed by atoms with Crippen LogP contribution >= 0.6 is 0 Å². The van der Waals surface area contributed by atoms with Crippen molar-refractivity contribution in [1.29, 1.82) is 0 Å². The van der Waals surface area contributed by atoms with E-state index in [1.165, 1.54) is 25.3 Å². The van der Waals surface area contributed by atoms with E-state index in [1.807, 2.05) is 0 Å². The van der Waals surface area contributed by atoms with E-state index in [1.54, 1.807) is 0 Å². The van der Waals surface area contributed by atoms with Crippen LogP contribution < -0.4 is 9.47 Å². The second-order valence-electron chi connectivity index (χ2n) is 4.47. The first kappa shape index (κ1) is 14.6. The number of hydrogen-bond donors (Lipinski definition) is 2. The van der Waals surface area contributed by atoms with E-state index in [0.29, 0.717) is 5.75 Å². The third kappa shape index (κ3) is 3.02. The maximum absolute atomic E-state index is 11.4. The Kier molecular flexibility index (Phi) is 3.87. The fourth-order valence-electron chi connectivity index (χ4n) is 1.98. The van der Waals surface area contributed by atoms with E-state index >= 15 is 0 Å². The zero-order chi connectivity index (χ0) is 14.9. The molecule has 20 heavy (non-hydrogen) atoms. The topological polar surface area (TPSA) is 110 Å². The van der Waals surface area contributed by atoms with Gasteiger partial charge in [0.25, 0.3) is 0 Å². The molecule has 0 bridgehead atoms. The average molecular weight is 302 g/mol. The number of ether oxygens (including phenoxy) is 2. The van der Waals surface area contributed by atoms with Gasteiger partial charge in [0, 0.05) is 6.07 Å². The molecule has 0 aliphatic carbocycles. The fraction of sp³-hybridized carbons (Fsp3) is 0.417. The smallest absolute Gasteiger partial charge is 0.339 e. The van der Waals surface area contributed by atoms with Crippen LogP contribution in [-0.4, -0.2) is 55.4 Å². The number of benzene rings is 1. The summed E-state index contributed by atoms with van der Waals surface area (Å²) in [6, 6.07) is 4.10. The van der Waals surface area contributed by atoms with Crippen molar-refractivity contribution in [3.05, 3.63) is 23.8 Å². The summed E-state index contributed by atoms with van der Waals surface area (Å²) in [6.07, 6.45) is -2.15. The molecule has 7 nitrogen and oxygen atoms in total. The summed E-state index contributed by atoms with van der Waals surface area (Å²) in [6.45, 7) is 0. The van der Waals surface area contributed by atoms with Gasteiger partial charge in [-0.2, -0.15) is 0 Å². The maximum atomic E-state index is 11.4. The molecule has 1 aromatic carbocycles. The number of methoxy groups -OCH3 is 1. The lowest BCUT2D eigenvalue weighted by Gasteiger charge is -2.17. The molecule has 0 aromatic heterocycles. The Morgan fingerprint density at radius 2 is 2.05 bits per heavy atom. The molecule has 1 heterocycles. The molecule has 0 saturated carbocycles. The van der Waals surface area contributed by atoms with Crippen LogP contribution in [0, 0.1) is 0 Å². The van der Waals surface area contributed by atoms with Crippen LogP contribution in [0.25, 0.3) is 0 Å². The number of aliphatic hydroxyl groups is 1. The predicted molar refractivity (Wildman–Crippen MR) is 69.0 cm³/mol. The molecule has 2 N–H and O–H groups in total. The van der Waals surface area contributed by atoms with Crippen molar-refractivity contribution < 1.29 is 32.9 Å². The van der Waals surface area contributed by atoms with E-state index in [2.05, 4.69) is 0 Å². The molecule has 1 aliphatic rings. The monoisotopic (exact) mass is 302 g/mol. The van der Waals surface area contributed by atoms with Gasteiger partial charge in [0.15, 0.2) is 9.84 Å². The van der Waals surface area contributed by atoms with Gasteiger partial charge in [-0.15, -0.1) is 0 Å². The van der Waals surface area contributed by atoms with Crippen molar-refractivity contribution in [2.45, 2.75) is 12.2 Å². The number of aliphatic hydroxyl groups excluding tert-OH is 1. The lowest BCUT2D eigenvalue weighted by molar-refractivity contribution is 0.0635. The molecular formula is C12H14O7S. The first-order valence-corrected chi connectivity index (χ1v) is 7.61. The van der Waals surface area contributed by atoms with E-state index in [4.69, 9.17) is 14.6 Å². The summed E-state index contributed by atoms with van der Waals surface area (Å²) in [7, 11) is -1.96. The third-order valence-corrected chi connectivity index (χ3v) is 4.66. The normalized spacial score (nSPS) is 24.3. The minimum atomic E-state index is -3.37. The molecule has 2 atom stereocenters. The second kappa shape index (κ2) is 5.29. The molecule has 2 unspecified atom stereocenters. The number of sulfone groups is 1. The van der Waals surface area contributed by atoms with Crippen molar-refractivity contribution in [3.63, 3.8) is 0 Å². The molecule has 1 fully saturated rings. The summed E-state index contributed by atoms with van der Waals surface area (Å²) in [5.74, 6) is -1.59. The van der Waals surface area contributed by atoms with Gasteiger partial charge in [0.2, 0.25) is 0 Å². The van der Waals surface area contributed by atoms with Crippen LogP contribution in [0.15, 0.2) is 18.2 Å². The Bertz CT molecular complexity index is 623. The zero-order valence-corrected chi connectivity index (χ0v) is 11.5. The maximum Gasteiger partial charge on any atom is 0.339 e. The average Bonchev–Trinajstić information content (AvgIpc) is 2.61. The predicted octanol–water partition coefficient (Wildman–Crippen LogP) is -0.0699. The fourth-order valence-corrected chi connectivity index (χ4v) is 3.64. The van der Waals surface area contributed by atoms with Gasteiger partial charge >= 0.3 is 5.97 Å². The van der Waals surface area contributed by atoms with Gasteiger partial charge in [0.05, 0.1) is 18.6 Å². The SMILES string of the molecule is COc1ccc(C(=O)O)c(OC2CS(=O)(=O)CC2O)c1. The highest BCUT2D eigenvalue weighted by molar-refractivity contribution is 7.91. The zero-order valence-electron chi connectivity index (χ0n) is 10.6. The van der Waals surface area contributed by atoms with Crippen molar-refractivity contribution >= 4 is 15.8 Å². The lowest BCUT2D eigenvalue weighted by atomic mass is 10.2. The van der Waals surface area contributed by atoms with E-state index in [0.717, 1.165) is 0 Å². The Morgan fingerprint density at radius 3 is 2.55 bits per heavy atom. The van der Waals surface area contributed by atoms with Crippen molar-refractivity contribution in [1.82, 2.24) is 0 Å². The van der Waals surface area contributed by atoms with Gasteiger partial charge in [-0.05, 0) is 12.1 Å². The highest BCUT2D eigenvalue weighted by Gasteiger charge is 2.38. The molecule has 0 radical (unpaired) electrons. The van der Waals surface area contributed by atoms with Crippen LogP contribution in [0.5, 0.6) is 11.5 Å². The molecule has 1 aliphatic heterocycles. The van der Waals surface area contributed by atoms with Crippen LogP contribution in [0.2, 0.25) is 0 Å². The van der Waals surface area contributed by atoms with E-state index in [9.17, 15) is 18.3 Å². The highest BCUT2D eigenvalue weighted by atomic mass is 32.2. The summed E-state index contributed by atoms with van der Waals surface area (Å²) in [5.41, 5.74) is -0.123. The third-order valence-electron chi connectivity index (χ3n) is 2.97. The van der Waals surface area contributed by atoms with Crippen LogP contribution in [-0.2, 0) is 9.84 Å². The van der Waals surface area contributed by atoms with E-state index < -0.39 is 28.0 Å². The summed E-state index contributed by atoms with van der Waals surface area (Å²) in [4.78, 5) is 11.1. The Balaban J connectivity index is 2.30. The van der Waals surface area contributed by atoms with Crippen molar-refractivity contribution in [2.75, 3.05) is 18.6 Å². The molecule has 1 aromatic rings. The number of aromatic carboxylic acids is 1. The number of carboxylic acids is 1. The summed E-state index contributed by atoms with van der Waals surface area (Å²) < 4.78 is 33.1. The van der Waals surface area contributed by atoms with E-state index in [-0.39, 0.29) is 22.8 Å². The van der Waals surface area contributed by atoms with Gasteiger partial charge in [-0.25, -0.2) is 13.2 Å². The van der Waals surface area contributed by atoms with Crippen LogP contribution in [0.3, 0.4) is 0 Å². The molecule has 0 spiro atoms. The number of carboxylic acid groups (broad SMARTS) is 1. The Morgan fingerprint density at radius 1 is 1.35 bits per heavy atom. The Hall–Kier alpha value is -1.80. The molecule has 110 valence electrons. The quantitative estimate of drug-likeness (QED) is 0.801. The highest BCUT2D eigenvalue weighted by Crippen LogP contribution is 2.28. The van der Waals surface area contributed by atoms with Crippen LogP contribution in [0.4, 0.5) is 0 Å². The molecule has 8 heteroatoms. The summed E-state index contributed by atoms with van der Waals surface area (Å²) >= 11 is 0. The largest absolute Gasteiger partial charge is 0.497 e. The van der Waals surface area contributed by atoms with Gasteiger partial charge in [-0.3, -0.25) is 0 Å². The molecule has 1 saturated heterocycles.